The van der Waals surface area contributed by atoms with Crippen molar-refractivity contribution < 1.29 is 4.39 Å². The normalized spacial score (nSPS) is 15.9. The van der Waals surface area contributed by atoms with E-state index in [0.29, 0.717) is 12.1 Å². The summed E-state index contributed by atoms with van der Waals surface area (Å²) in [6, 6.07) is 5.31. The number of hydrogen-bond acceptors (Lipinski definition) is 3. The fraction of sp³-hybridized carbons (Fsp3) is 0.667. The van der Waals surface area contributed by atoms with Gasteiger partial charge in [-0.1, -0.05) is 19.1 Å². The standard InChI is InChI=1S/C21H36FN5.HI/c1-4-23-21(25-17-19-9-8-18(3)20(22)16-19)24-10-6-7-11-27-14-12-26(5-2)13-15-27;/h8-9,16H,4-7,10-15,17H2,1-3H3,(H2,23,24,25);1H. The van der Waals surface area contributed by atoms with Crippen molar-refractivity contribution in [1.29, 1.82) is 0 Å². The van der Waals surface area contributed by atoms with Crippen LogP contribution >= 0.6 is 24.0 Å². The Bertz CT molecular complexity index is 588. The molecule has 0 aromatic heterocycles. The highest BCUT2D eigenvalue weighted by molar-refractivity contribution is 14.0. The SMILES string of the molecule is CCNC(=NCc1ccc(C)c(F)c1)NCCCCN1CCN(CC)CC1.I. The van der Waals surface area contributed by atoms with E-state index < -0.39 is 0 Å². The molecule has 0 atom stereocenters. The van der Waals surface area contributed by atoms with E-state index in [1.165, 1.54) is 45.7 Å². The maximum absolute atomic E-state index is 13.6. The molecule has 0 aliphatic carbocycles. The Balaban J connectivity index is 0.00000392. The van der Waals surface area contributed by atoms with Gasteiger partial charge >= 0.3 is 0 Å². The van der Waals surface area contributed by atoms with E-state index in [2.05, 4.69) is 39.3 Å². The quantitative estimate of drug-likeness (QED) is 0.234. The zero-order valence-corrected chi connectivity index (χ0v) is 20.0. The molecule has 0 radical (unpaired) electrons. The highest BCUT2D eigenvalue weighted by Gasteiger charge is 2.14. The first-order chi connectivity index (χ1) is 13.1. The van der Waals surface area contributed by atoms with Gasteiger partial charge in [-0.25, -0.2) is 9.38 Å². The number of guanidine groups is 1. The maximum atomic E-state index is 13.6. The molecule has 0 bridgehead atoms. The molecule has 1 aromatic carbocycles. The summed E-state index contributed by atoms with van der Waals surface area (Å²) >= 11 is 0. The van der Waals surface area contributed by atoms with E-state index in [1.807, 2.05) is 6.07 Å². The molecular weight excluding hydrogens is 468 g/mol. The van der Waals surface area contributed by atoms with Gasteiger partial charge in [0.1, 0.15) is 5.82 Å². The Morgan fingerprint density at radius 2 is 1.79 bits per heavy atom. The number of nitrogens with zero attached hydrogens (tertiary/aromatic N) is 3. The summed E-state index contributed by atoms with van der Waals surface area (Å²) in [4.78, 5) is 9.65. The van der Waals surface area contributed by atoms with Crippen molar-refractivity contribution in [2.75, 3.05) is 52.4 Å². The fourth-order valence-electron chi connectivity index (χ4n) is 3.24. The van der Waals surface area contributed by atoms with Crippen LogP contribution in [0.1, 0.15) is 37.8 Å². The van der Waals surface area contributed by atoms with Gasteiger partial charge in [0, 0.05) is 39.3 Å². The monoisotopic (exact) mass is 505 g/mol. The maximum Gasteiger partial charge on any atom is 0.191 e. The second kappa shape index (κ2) is 14.1. The Hall–Kier alpha value is -0.930. The molecule has 0 spiro atoms. The van der Waals surface area contributed by atoms with Crippen LogP contribution in [-0.4, -0.2) is 68.1 Å². The van der Waals surface area contributed by atoms with Gasteiger partial charge in [0.25, 0.3) is 0 Å². The highest BCUT2D eigenvalue weighted by Crippen LogP contribution is 2.10. The van der Waals surface area contributed by atoms with E-state index in [4.69, 9.17) is 0 Å². The molecular formula is C21H37FIN5. The number of hydrogen-bond donors (Lipinski definition) is 2. The van der Waals surface area contributed by atoms with Crippen LogP contribution in [0.3, 0.4) is 0 Å². The van der Waals surface area contributed by atoms with E-state index in [-0.39, 0.29) is 29.8 Å². The van der Waals surface area contributed by atoms with Gasteiger partial charge < -0.3 is 20.4 Å². The lowest BCUT2D eigenvalue weighted by Gasteiger charge is -2.34. The summed E-state index contributed by atoms with van der Waals surface area (Å²) in [5, 5.41) is 6.65. The number of likely N-dealkylation sites (N-methyl/N-ethyl adjacent to an activating group) is 1. The van der Waals surface area contributed by atoms with Gasteiger partial charge in [-0.05, 0) is 57.0 Å². The molecule has 2 N–H and O–H groups in total. The fourth-order valence-corrected chi connectivity index (χ4v) is 3.24. The van der Waals surface area contributed by atoms with Crippen LogP contribution in [0.4, 0.5) is 4.39 Å². The van der Waals surface area contributed by atoms with Crippen LogP contribution in [0.25, 0.3) is 0 Å². The van der Waals surface area contributed by atoms with Crippen molar-refractivity contribution in [3.05, 3.63) is 35.1 Å². The molecule has 1 fully saturated rings. The number of halogens is 2. The van der Waals surface area contributed by atoms with Gasteiger partial charge in [-0.2, -0.15) is 0 Å². The molecule has 0 amide bonds. The molecule has 1 heterocycles. The topological polar surface area (TPSA) is 42.9 Å². The van der Waals surface area contributed by atoms with Crippen LogP contribution in [0.5, 0.6) is 0 Å². The second-order valence-electron chi connectivity index (χ2n) is 7.19. The molecule has 1 aliphatic heterocycles. The van der Waals surface area contributed by atoms with Crippen LogP contribution in [0.2, 0.25) is 0 Å². The summed E-state index contributed by atoms with van der Waals surface area (Å²) in [6.07, 6.45) is 2.32. The summed E-state index contributed by atoms with van der Waals surface area (Å²) in [6.45, 7) is 15.4. The minimum Gasteiger partial charge on any atom is -0.357 e. The number of rotatable bonds is 9. The lowest BCUT2D eigenvalue weighted by Crippen LogP contribution is -2.46. The largest absolute Gasteiger partial charge is 0.357 e. The molecule has 1 saturated heterocycles. The Labute approximate surface area is 187 Å². The molecule has 7 heteroatoms. The smallest absolute Gasteiger partial charge is 0.191 e. The predicted molar refractivity (Wildman–Crippen MR) is 127 cm³/mol. The molecule has 0 saturated carbocycles. The van der Waals surface area contributed by atoms with Crippen LogP contribution in [0, 0.1) is 12.7 Å². The average molecular weight is 505 g/mol. The number of nitrogens with one attached hydrogen (secondary N) is 2. The molecule has 160 valence electrons. The molecule has 0 unspecified atom stereocenters. The minimum absolute atomic E-state index is 0. The number of unbranched alkanes of at least 4 members (excludes halogenated alkanes) is 1. The molecule has 1 aliphatic rings. The number of benzene rings is 1. The van der Waals surface area contributed by atoms with Gasteiger partial charge in [-0.15, -0.1) is 24.0 Å². The first-order valence-corrected chi connectivity index (χ1v) is 10.3. The van der Waals surface area contributed by atoms with Crippen molar-refractivity contribution in [3.63, 3.8) is 0 Å². The third-order valence-corrected chi connectivity index (χ3v) is 5.11. The van der Waals surface area contributed by atoms with Crippen molar-refractivity contribution >= 4 is 29.9 Å². The lowest BCUT2D eigenvalue weighted by molar-refractivity contribution is 0.136. The number of piperazine rings is 1. The minimum atomic E-state index is -0.166. The van der Waals surface area contributed by atoms with Gasteiger partial charge in [0.05, 0.1) is 6.54 Å². The molecule has 5 nitrogen and oxygen atoms in total. The van der Waals surface area contributed by atoms with Gasteiger partial charge in [0.2, 0.25) is 0 Å². The summed E-state index contributed by atoms with van der Waals surface area (Å²) < 4.78 is 13.6. The Morgan fingerprint density at radius 1 is 1.07 bits per heavy atom. The first kappa shape index (κ1) is 25.1. The third-order valence-electron chi connectivity index (χ3n) is 5.11. The lowest BCUT2D eigenvalue weighted by atomic mass is 10.1. The average Bonchev–Trinajstić information content (AvgIpc) is 2.68. The van der Waals surface area contributed by atoms with Crippen molar-refractivity contribution in [3.8, 4) is 0 Å². The van der Waals surface area contributed by atoms with Crippen LogP contribution < -0.4 is 10.6 Å². The van der Waals surface area contributed by atoms with E-state index in [1.54, 1.807) is 19.1 Å². The Kier molecular flexibility index (Phi) is 12.7. The third kappa shape index (κ3) is 9.05. The van der Waals surface area contributed by atoms with Crippen LogP contribution in [0.15, 0.2) is 23.2 Å². The van der Waals surface area contributed by atoms with Gasteiger partial charge in [0.15, 0.2) is 5.96 Å². The Morgan fingerprint density at radius 3 is 2.43 bits per heavy atom. The zero-order valence-electron chi connectivity index (χ0n) is 17.6. The zero-order chi connectivity index (χ0) is 19.5. The predicted octanol–water partition coefficient (Wildman–Crippen LogP) is 3.22. The molecule has 2 rings (SSSR count). The number of aliphatic imine (C=N–C) groups is 1. The second-order valence-corrected chi connectivity index (χ2v) is 7.19. The van der Waals surface area contributed by atoms with Crippen LogP contribution in [-0.2, 0) is 6.54 Å². The first-order valence-electron chi connectivity index (χ1n) is 10.3. The van der Waals surface area contributed by atoms with Gasteiger partial charge in [-0.3, -0.25) is 0 Å². The van der Waals surface area contributed by atoms with E-state index >= 15 is 0 Å². The van der Waals surface area contributed by atoms with E-state index in [0.717, 1.165) is 31.0 Å². The highest BCUT2D eigenvalue weighted by atomic mass is 127. The summed E-state index contributed by atoms with van der Waals surface area (Å²) in [5.74, 6) is 0.635. The van der Waals surface area contributed by atoms with E-state index in [9.17, 15) is 4.39 Å². The number of aryl methyl sites for hydroxylation is 1. The van der Waals surface area contributed by atoms with Crippen molar-refractivity contribution in [1.82, 2.24) is 20.4 Å². The molecule has 1 aromatic rings. The molecule has 28 heavy (non-hydrogen) atoms. The summed E-state index contributed by atoms with van der Waals surface area (Å²) in [7, 11) is 0. The van der Waals surface area contributed by atoms with Crippen molar-refractivity contribution in [2.45, 2.75) is 40.2 Å². The summed E-state index contributed by atoms with van der Waals surface area (Å²) in [5.41, 5.74) is 1.56. The van der Waals surface area contributed by atoms with Crippen molar-refractivity contribution in [2.24, 2.45) is 4.99 Å².